The maximum absolute atomic E-state index is 12.3. The fraction of sp³-hybridized carbons (Fsp3) is 0.556. The van der Waals surface area contributed by atoms with Crippen LogP contribution < -0.4 is 51.4 Å². The van der Waals surface area contributed by atoms with E-state index >= 15 is 0 Å². The first-order chi connectivity index (χ1) is 7.04. The van der Waals surface area contributed by atoms with Crippen LogP contribution in [0, 0.1) is 0 Å². The van der Waals surface area contributed by atoms with Crippen LogP contribution in [0.25, 0.3) is 0 Å². The van der Waals surface area contributed by atoms with Gasteiger partial charge < -0.3 is 22.3 Å². The van der Waals surface area contributed by atoms with Crippen LogP contribution in [0.3, 0.4) is 0 Å². The normalized spacial score (nSPS) is 16.2. The van der Waals surface area contributed by atoms with Gasteiger partial charge in [-0.25, -0.2) is 0 Å². The van der Waals surface area contributed by atoms with Crippen molar-refractivity contribution in [3.05, 3.63) is 24.2 Å². The minimum absolute atomic E-state index is 0. The van der Waals surface area contributed by atoms with Gasteiger partial charge in [0.25, 0.3) is 0 Å². The van der Waals surface area contributed by atoms with Crippen molar-refractivity contribution in [2.75, 3.05) is 6.44 Å². The van der Waals surface area contributed by atoms with Gasteiger partial charge in [0.2, 0.25) is 0 Å². The molecule has 0 atom stereocenters. The average Bonchev–Trinajstić information content (AvgIpc) is 2.83. The van der Waals surface area contributed by atoms with Crippen molar-refractivity contribution >= 4 is 6.98 Å². The van der Waals surface area contributed by atoms with Gasteiger partial charge in [0.05, 0.1) is 12.8 Å². The summed E-state index contributed by atoms with van der Waals surface area (Å²) in [7, 11) is 0. The van der Waals surface area contributed by atoms with Crippen LogP contribution in [0.4, 0.5) is 12.9 Å². The Morgan fingerprint density at radius 1 is 1.38 bits per heavy atom. The number of halogens is 3. The summed E-state index contributed by atoms with van der Waals surface area (Å²) in [6, 6.07) is 3.50. The Hall–Kier alpha value is 0.731. The summed E-state index contributed by atoms with van der Waals surface area (Å²) in [5, 5.41) is 0. The molecule has 1 aromatic rings. The van der Waals surface area contributed by atoms with Crippen molar-refractivity contribution in [3.63, 3.8) is 0 Å². The van der Waals surface area contributed by atoms with Crippen LogP contribution in [0.5, 0.6) is 0 Å². The monoisotopic (exact) mass is 257 g/mol. The summed E-state index contributed by atoms with van der Waals surface area (Å²) in [5.74, 6) is 0.599. The quantitative estimate of drug-likeness (QED) is 0.669. The first-order valence-electron chi connectivity index (χ1n) is 5.02. The fourth-order valence-electron chi connectivity index (χ4n) is 1.65. The van der Waals surface area contributed by atoms with Crippen molar-refractivity contribution in [2.45, 2.75) is 25.4 Å². The number of nitrogens with zero attached hydrogens (tertiary/aromatic N) is 1. The largest absolute Gasteiger partial charge is 1.00 e. The second-order valence-corrected chi connectivity index (χ2v) is 3.95. The number of hydrogen-bond donors (Lipinski definition) is 0. The Bertz CT molecular complexity index is 313. The van der Waals surface area contributed by atoms with Gasteiger partial charge in [-0.1, -0.05) is 0 Å². The van der Waals surface area contributed by atoms with Crippen molar-refractivity contribution in [3.8, 4) is 0 Å². The molecule has 0 unspecified atom stereocenters. The molecule has 0 saturated heterocycles. The van der Waals surface area contributed by atoms with Crippen molar-refractivity contribution in [1.29, 1.82) is 0 Å². The van der Waals surface area contributed by atoms with E-state index in [2.05, 4.69) is 0 Å². The molecule has 0 bridgehead atoms. The van der Waals surface area contributed by atoms with E-state index in [1.807, 2.05) is 0 Å². The van der Waals surface area contributed by atoms with E-state index in [9.17, 15) is 12.9 Å². The van der Waals surface area contributed by atoms with Crippen molar-refractivity contribution in [1.82, 2.24) is 4.90 Å². The smallest absolute Gasteiger partial charge is 0.468 e. The third kappa shape index (κ3) is 4.93. The number of hydrogen-bond acceptors (Lipinski definition) is 2. The van der Waals surface area contributed by atoms with Crippen LogP contribution in [0.15, 0.2) is 22.8 Å². The van der Waals surface area contributed by atoms with Gasteiger partial charge in [0.15, 0.2) is 0 Å². The molecule has 0 aromatic carbocycles. The molecular weight excluding hydrogens is 245 g/mol. The standard InChI is InChI=1S/C9H12BF3NO.K/c11-10(12,13)7-14(8-3-4-8)6-9-2-1-5-15-9;/h1-2,5,8H,3-4,6-7H2;/q-1;+1. The molecule has 7 heteroatoms. The van der Waals surface area contributed by atoms with E-state index in [1.165, 1.54) is 11.2 Å². The Morgan fingerprint density at radius 2 is 2.06 bits per heavy atom. The second-order valence-electron chi connectivity index (χ2n) is 3.95. The summed E-state index contributed by atoms with van der Waals surface area (Å²) in [4.78, 5) is 1.46. The molecule has 1 aliphatic rings. The molecule has 84 valence electrons. The third-order valence-corrected chi connectivity index (χ3v) is 2.44. The van der Waals surface area contributed by atoms with Gasteiger partial charge in [0, 0.05) is 6.04 Å². The molecule has 2 nitrogen and oxygen atoms in total. The average molecular weight is 257 g/mol. The molecule has 16 heavy (non-hydrogen) atoms. The molecule has 1 aromatic heterocycles. The molecule has 0 N–H and O–H groups in total. The van der Waals surface area contributed by atoms with Crippen LogP contribution in [-0.2, 0) is 6.54 Å². The van der Waals surface area contributed by atoms with E-state index < -0.39 is 13.4 Å². The fourth-order valence-corrected chi connectivity index (χ4v) is 1.65. The first-order valence-corrected chi connectivity index (χ1v) is 5.02. The van der Waals surface area contributed by atoms with Gasteiger partial charge >= 0.3 is 58.4 Å². The third-order valence-electron chi connectivity index (χ3n) is 2.44. The van der Waals surface area contributed by atoms with E-state index in [0.29, 0.717) is 5.76 Å². The number of furan rings is 1. The molecule has 0 spiro atoms. The summed E-state index contributed by atoms with van der Waals surface area (Å²) < 4.78 is 42.0. The maximum atomic E-state index is 12.3. The number of rotatable bonds is 5. The van der Waals surface area contributed by atoms with E-state index in [0.717, 1.165) is 12.8 Å². The molecule has 1 saturated carbocycles. The molecule has 2 rings (SSSR count). The van der Waals surface area contributed by atoms with Gasteiger partial charge in [0.1, 0.15) is 5.76 Å². The van der Waals surface area contributed by atoms with Gasteiger partial charge in [-0.3, -0.25) is 0 Å². The van der Waals surface area contributed by atoms with Gasteiger partial charge in [-0.2, -0.15) is 0 Å². The summed E-state index contributed by atoms with van der Waals surface area (Å²) in [6.07, 6.45) is 2.43. The summed E-state index contributed by atoms with van der Waals surface area (Å²) in [6.45, 7) is -4.48. The molecule has 1 heterocycles. The predicted molar refractivity (Wildman–Crippen MR) is 51.2 cm³/mol. The van der Waals surface area contributed by atoms with Crippen LogP contribution in [0.1, 0.15) is 18.6 Å². The Morgan fingerprint density at radius 3 is 2.50 bits per heavy atom. The second kappa shape index (κ2) is 6.06. The zero-order valence-corrected chi connectivity index (χ0v) is 12.3. The molecule has 0 amide bonds. The SMILES string of the molecule is F[B-](F)(F)CN(Cc1ccco1)C1CC1.[K+]. The van der Waals surface area contributed by atoms with Gasteiger partial charge in [-0.05, 0) is 31.4 Å². The van der Waals surface area contributed by atoms with Gasteiger partial charge in [-0.15, -0.1) is 0 Å². The van der Waals surface area contributed by atoms with Crippen LogP contribution in [-0.4, -0.2) is 24.4 Å². The van der Waals surface area contributed by atoms with Crippen molar-refractivity contribution < 1.29 is 68.7 Å². The first kappa shape index (κ1) is 14.8. The zero-order valence-electron chi connectivity index (χ0n) is 9.20. The maximum Gasteiger partial charge on any atom is 1.00 e. The molecular formula is C9H12BF3KNO. The Balaban J connectivity index is 0.00000128. The zero-order chi connectivity index (χ0) is 10.9. The Kier molecular flexibility index (Phi) is 5.60. The van der Waals surface area contributed by atoms with E-state index in [4.69, 9.17) is 4.42 Å². The van der Waals surface area contributed by atoms with E-state index in [1.54, 1.807) is 12.1 Å². The molecule has 1 aliphatic carbocycles. The summed E-state index contributed by atoms with van der Waals surface area (Å²) >= 11 is 0. The predicted octanol–water partition coefficient (Wildman–Crippen LogP) is -0.365. The minimum Gasteiger partial charge on any atom is -0.468 e. The molecule has 0 aliphatic heterocycles. The summed E-state index contributed by atoms with van der Waals surface area (Å²) in [5.41, 5.74) is 0. The van der Waals surface area contributed by atoms with Crippen LogP contribution >= 0.6 is 0 Å². The minimum atomic E-state index is -4.74. The van der Waals surface area contributed by atoms with E-state index in [-0.39, 0.29) is 64.0 Å². The van der Waals surface area contributed by atoms with Crippen LogP contribution in [0.2, 0.25) is 0 Å². The molecule has 1 fully saturated rings. The Labute approximate surface area is 135 Å². The topological polar surface area (TPSA) is 16.4 Å². The van der Waals surface area contributed by atoms with Crippen molar-refractivity contribution in [2.24, 2.45) is 0 Å². The molecule has 0 radical (unpaired) electrons.